The van der Waals surface area contributed by atoms with Crippen LogP contribution in [0.25, 0.3) is 22.6 Å². The van der Waals surface area contributed by atoms with E-state index in [1.54, 1.807) is 12.1 Å². The first-order chi connectivity index (χ1) is 15.0. The molecule has 0 bridgehead atoms. The molecule has 3 heterocycles. The Balaban J connectivity index is 1.92. The molecule has 11 heteroatoms. The molecule has 4 rings (SSSR count). The number of amides is 1. The zero-order valence-corrected chi connectivity index (χ0v) is 17.4. The van der Waals surface area contributed by atoms with Crippen molar-refractivity contribution in [1.82, 2.24) is 19.5 Å². The van der Waals surface area contributed by atoms with Gasteiger partial charge in [0.1, 0.15) is 5.52 Å². The van der Waals surface area contributed by atoms with Gasteiger partial charge in [-0.1, -0.05) is 0 Å². The lowest BCUT2D eigenvalue weighted by molar-refractivity contribution is 0.0970. The predicted molar refractivity (Wildman–Crippen MR) is 111 cm³/mol. The number of primary amides is 1. The fourth-order valence-corrected chi connectivity index (χ4v) is 3.71. The number of nitrogens with zero attached hydrogens (tertiary/aromatic N) is 3. The standard InChI is InChI=1S/C20H23N5O6/c1-28-12-7-10(8-13(29-2)16(12)30-3)18-22-14(17(21)26)15-19(24-18)25(20(27)23-15)9-11-5-4-6-31-11/h7-8,11H,4-6,9H2,1-3H3,(H2,21,26)(H,23,27)/t11-/m1/s1. The Kier molecular flexibility index (Phi) is 5.51. The minimum Gasteiger partial charge on any atom is -0.493 e. The predicted octanol–water partition coefficient (Wildman–Crippen LogP) is 1.09. The summed E-state index contributed by atoms with van der Waals surface area (Å²) in [7, 11) is 4.48. The Labute approximate surface area is 177 Å². The van der Waals surface area contributed by atoms with Crippen molar-refractivity contribution in [2.24, 2.45) is 5.73 Å². The van der Waals surface area contributed by atoms with Crippen LogP contribution in [0.3, 0.4) is 0 Å². The number of aromatic amines is 1. The van der Waals surface area contributed by atoms with E-state index < -0.39 is 11.6 Å². The van der Waals surface area contributed by atoms with E-state index in [2.05, 4.69) is 15.0 Å². The van der Waals surface area contributed by atoms with Crippen LogP contribution in [-0.4, -0.2) is 59.5 Å². The number of fused-ring (bicyclic) bond motifs is 1. The van der Waals surface area contributed by atoms with Crippen LogP contribution in [0.1, 0.15) is 23.3 Å². The molecule has 0 aliphatic carbocycles. The van der Waals surface area contributed by atoms with Crippen molar-refractivity contribution in [3.63, 3.8) is 0 Å². The lowest BCUT2D eigenvalue weighted by Crippen LogP contribution is -2.24. The SMILES string of the molecule is COc1cc(-c2nc(C(N)=O)c3[nH]c(=O)n(C[C@H]4CCCO4)c3n2)cc(OC)c1OC. The van der Waals surface area contributed by atoms with Gasteiger partial charge in [0.05, 0.1) is 34.0 Å². The van der Waals surface area contributed by atoms with Crippen LogP contribution >= 0.6 is 0 Å². The molecule has 0 saturated carbocycles. The Hall–Kier alpha value is -3.60. The van der Waals surface area contributed by atoms with E-state index in [9.17, 15) is 9.59 Å². The summed E-state index contributed by atoms with van der Waals surface area (Å²) >= 11 is 0. The largest absolute Gasteiger partial charge is 0.493 e. The van der Waals surface area contributed by atoms with Gasteiger partial charge in [0.2, 0.25) is 5.75 Å². The second kappa shape index (κ2) is 8.26. The van der Waals surface area contributed by atoms with Gasteiger partial charge in [-0.25, -0.2) is 14.8 Å². The van der Waals surface area contributed by atoms with E-state index in [1.807, 2.05) is 0 Å². The molecule has 0 radical (unpaired) electrons. The van der Waals surface area contributed by atoms with Crippen molar-refractivity contribution in [2.45, 2.75) is 25.5 Å². The molecule has 1 fully saturated rings. The highest BCUT2D eigenvalue weighted by Gasteiger charge is 2.24. The van der Waals surface area contributed by atoms with Crippen LogP contribution in [0.5, 0.6) is 17.2 Å². The monoisotopic (exact) mass is 429 g/mol. The van der Waals surface area contributed by atoms with Gasteiger partial charge in [-0.05, 0) is 25.0 Å². The second-order valence-electron chi connectivity index (χ2n) is 7.05. The molecule has 1 aromatic carbocycles. The van der Waals surface area contributed by atoms with Crippen LogP contribution in [0.15, 0.2) is 16.9 Å². The number of carbonyl (C=O) groups is 1. The summed E-state index contributed by atoms with van der Waals surface area (Å²) in [6.45, 7) is 0.961. The van der Waals surface area contributed by atoms with Crippen LogP contribution in [0, 0.1) is 0 Å². The lowest BCUT2D eigenvalue weighted by Gasteiger charge is -2.14. The molecule has 1 aliphatic heterocycles. The Morgan fingerprint density at radius 1 is 1.23 bits per heavy atom. The van der Waals surface area contributed by atoms with Crippen LogP contribution in [-0.2, 0) is 11.3 Å². The number of methoxy groups -OCH3 is 3. The molecular weight excluding hydrogens is 406 g/mol. The van der Waals surface area contributed by atoms with E-state index in [4.69, 9.17) is 24.7 Å². The molecule has 3 aromatic rings. The zero-order chi connectivity index (χ0) is 22.1. The molecule has 11 nitrogen and oxygen atoms in total. The van der Waals surface area contributed by atoms with Crippen molar-refractivity contribution < 1.29 is 23.7 Å². The van der Waals surface area contributed by atoms with Gasteiger partial charge >= 0.3 is 5.69 Å². The molecule has 0 spiro atoms. The van der Waals surface area contributed by atoms with E-state index >= 15 is 0 Å². The van der Waals surface area contributed by atoms with Gasteiger partial charge in [-0.2, -0.15) is 0 Å². The number of benzene rings is 1. The average Bonchev–Trinajstić information content (AvgIpc) is 3.40. The van der Waals surface area contributed by atoms with Crippen molar-refractivity contribution in [3.8, 4) is 28.6 Å². The van der Waals surface area contributed by atoms with Gasteiger partial charge in [0, 0.05) is 12.2 Å². The number of ether oxygens (including phenoxy) is 4. The number of H-pyrrole nitrogens is 1. The maximum Gasteiger partial charge on any atom is 0.327 e. The zero-order valence-electron chi connectivity index (χ0n) is 17.4. The molecular formula is C20H23N5O6. The molecule has 1 saturated heterocycles. The molecule has 1 atom stereocenters. The van der Waals surface area contributed by atoms with E-state index in [-0.39, 0.29) is 28.8 Å². The number of hydrogen-bond donors (Lipinski definition) is 2. The first-order valence-corrected chi connectivity index (χ1v) is 9.69. The van der Waals surface area contributed by atoms with Crippen LogP contribution in [0.4, 0.5) is 0 Å². The number of nitrogens with one attached hydrogen (secondary N) is 1. The quantitative estimate of drug-likeness (QED) is 0.568. The first-order valence-electron chi connectivity index (χ1n) is 9.69. The molecule has 1 amide bonds. The van der Waals surface area contributed by atoms with Gasteiger partial charge in [0.25, 0.3) is 5.91 Å². The molecule has 0 unspecified atom stereocenters. The van der Waals surface area contributed by atoms with E-state index in [0.29, 0.717) is 36.0 Å². The first kappa shape index (κ1) is 20.7. The van der Waals surface area contributed by atoms with Crippen molar-refractivity contribution >= 4 is 17.1 Å². The van der Waals surface area contributed by atoms with Crippen molar-refractivity contribution in [1.29, 1.82) is 0 Å². The fourth-order valence-electron chi connectivity index (χ4n) is 3.71. The lowest BCUT2D eigenvalue weighted by atomic mass is 10.1. The Bertz CT molecular complexity index is 1170. The summed E-state index contributed by atoms with van der Waals surface area (Å²) in [5, 5.41) is 0. The number of aromatic nitrogens is 4. The minimum atomic E-state index is -0.786. The highest BCUT2D eigenvalue weighted by molar-refractivity contribution is 6.01. The van der Waals surface area contributed by atoms with Gasteiger partial charge in [0.15, 0.2) is 28.7 Å². The summed E-state index contributed by atoms with van der Waals surface area (Å²) < 4.78 is 23.2. The smallest absolute Gasteiger partial charge is 0.327 e. The third-order valence-electron chi connectivity index (χ3n) is 5.19. The summed E-state index contributed by atoms with van der Waals surface area (Å²) in [6, 6.07) is 3.31. The van der Waals surface area contributed by atoms with Crippen molar-refractivity contribution in [2.75, 3.05) is 27.9 Å². The summed E-state index contributed by atoms with van der Waals surface area (Å²) in [5.41, 5.74) is 6.01. The summed E-state index contributed by atoms with van der Waals surface area (Å²) in [6.07, 6.45) is 1.67. The number of imidazole rings is 1. The Morgan fingerprint density at radius 2 is 1.94 bits per heavy atom. The topological polar surface area (TPSA) is 144 Å². The highest BCUT2D eigenvalue weighted by atomic mass is 16.5. The maximum atomic E-state index is 12.6. The normalized spacial score (nSPS) is 15.9. The van der Waals surface area contributed by atoms with Crippen LogP contribution < -0.4 is 25.6 Å². The number of nitrogens with two attached hydrogens (primary N) is 1. The molecule has 31 heavy (non-hydrogen) atoms. The number of carbonyl (C=O) groups excluding carboxylic acids is 1. The third-order valence-corrected chi connectivity index (χ3v) is 5.19. The summed E-state index contributed by atoms with van der Waals surface area (Å²) in [5.74, 6) is 0.591. The van der Waals surface area contributed by atoms with E-state index in [0.717, 1.165) is 12.8 Å². The average molecular weight is 429 g/mol. The van der Waals surface area contributed by atoms with Gasteiger partial charge in [-0.15, -0.1) is 0 Å². The molecule has 3 N–H and O–H groups in total. The highest BCUT2D eigenvalue weighted by Crippen LogP contribution is 2.40. The van der Waals surface area contributed by atoms with Gasteiger partial charge in [-0.3, -0.25) is 9.36 Å². The molecule has 164 valence electrons. The maximum absolute atomic E-state index is 12.6. The minimum absolute atomic E-state index is 0.0862. The van der Waals surface area contributed by atoms with Crippen molar-refractivity contribution in [3.05, 3.63) is 28.3 Å². The molecule has 1 aliphatic rings. The second-order valence-corrected chi connectivity index (χ2v) is 7.05. The van der Waals surface area contributed by atoms with E-state index in [1.165, 1.54) is 25.9 Å². The number of hydrogen-bond acceptors (Lipinski definition) is 8. The summed E-state index contributed by atoms with van der Waals surface area (Å²) in [4.78, 5) is 36.2. The third kappa shape index (κ3) is 3.67. The fraction of sp³-hybridized carbons (Fsp3) is 0.400. The van der Waals surface area contributed by atoms with Gasteiger partial charge < -0.3 is 29.7 Å². The Morgan fingerprint density at radius 3 is 2.48 bits per heavy atom. The molecule has 2 aromatic heterocycles. The number of rotatable bonds is 7. The van der Waals surface area contributed by atoms with Crippen LogP contribution in [0.2, 0.25) is 0 Å².